The molecule has 114 valence electrons. The van der Waals surface area contributed by atoms with E-state index >= 15 is 0 Å². The number of piperidine rings is 1. The molecule has 0 spiro atoms. The number of carbonyl (C=O) groups is 1. The van der Waals surface area contributed by atoms with Crippen molar-refractivity contribution in [1.29, 1.82) is 0 Å². The number of benzene rings is 1. The quantitative estimate of drug-likeness (QED) is 0.901. The largest absolute Gasteiger partial charge is 0.379 e. The summed E-state index contributed by atoms with van der Waals surface area (Å²) in [5.74, 6) is 0.709. The predicted octanol–water partition coefficient (Wildman–Crippen LogP) is 1.76. The van der Waals surface area contributed by atoms with E-state index in [4.69, 9.17) is 4.74 Å². The van der Waals surface area contributed by atoms with E-state index < -0.39 is 0 Å². The molecule has 3 unspecified atom stereocenters. The van der Waals surface area contributed by atoms with Crippen LogP contribution in [-0.2, 0) is 16.1 Å². The Morgan fingerprint density at radius 2 is 2.19 bits per heavy atom. The number of fused-ring (bicyclic) bond motifs is 1. The Kier molecular flexibility index (Phi) is 4.27. The fourth-order valence-electron chi connectivity index (χ4n) is 3.48. The summed E-state index contributed by atoms with van der Waals surface area (Å²) >= 11 is 0. The zero-order valence-electron chi connectivity index (χ0n) is 12.8. The average Bonchev–Trinajstić information content (AvgIpc) is 2.54. The molecule has 0 bridgehead atoms. The molecular formula is C17H24N2O2. The molecule has 1 aromatic rings. The third kappa shape index (κ3) is 2.83. The SMILES string of the molecule is COC1CN(C(=O)C2CNCc3ccccc32)CCC1C. The molecule has 2 aliphatic heterocycles. The first-order valence-electron chi connectivity index (χ1n) is 7.80. The number of nitrogens with one attached hydrogen (secondary N) is 1. The molecule has 0 radical (unpaired) electrons. The molecule has 0 aliphatic carbocycles. The van der Waals surface area contributed by atoms with Gasteiger partial charge in [-0.15, -0.1) is 0 Å². The van der Waals surface area contributed by atoms with Gasteiger partial charge in [0.2, 0.25) is 5.91 Å². The third-order valence-corrected chi connectivity index (χ3v) is 4.90. The van der Waals surface area contributed by atoms with Crippen molar-refractivity contribution in [2.75, 3.05) is 26.7 Å². The smallest absolute Gasteiger partial charge is 0.231 e. The highest BCUT2D eigenvalue weighted by molar-refractivity contribution is 5.85. The van der Waals surface area contributed by atoms with E-state index in [1.165, 1.54) is 11.1 Å². The summed E-state index contributed by atoms with van der Waals surface area (Å²) in [5.41, 5.74) is 2.43. The van der Waals surface area contributed by atoms with Gasteiger partial charge in [0.15, 0.2) is 0 Å². The maximum absolute atomic E-state index is 12.9. The molecule has 4 nitrogen and oxygen atoms in total. The number of rotatable bonds is 2. The predicted molar refractivity (Wildman–Crippen MR) is 82.0 cm³/mol. The van der Waals surface area contributed by atoms with E-state index in [-0.39, 0.29) is 17.9 Å². The summed E-state index contributed by atoms with van der Waals surface area (Å²) in [5, 5.41) is 3.37. The van der Waals surface area contributed by atoms with Crippen LogP contribution in [0.3, 0.4) is 0 Å². The van der Waals surface area contributed by atoms with E-state index in [0.717, 1.165) is 32.6 Å². The summed E-state index contributed by atoms with van der Waals surface area (Å²) in [4.78, 5) is 14.9. The molecule has 1 fully saturated rings. The molecule has 3 rings (SSSR count). The van der Waals surface area contributed by atoms with Gasteiger partial charge in [0.05, 0.1) is 12.0 Å². The Balaban J connectivity index is 1.77. The van der Waals surface area contributed by atoms with Crippen LogP contribution in [0, 0.1) is 5.92 Å². The molecule has 1 amide bonds. The van der Waals surface area contributed by atoms with Gasteiger partial charge in [-0.25, -0.2) is 0 Å². The summed E-state index contributed by atoms with van der Waals surface area (Å²) in [7, 11) is 1.74. The van der Waals surface area contributed by atoms with Gasteiger partial charge in [-0.3, -0.25) is 4.79 Å². The zero-order chi connectivity index (χ0) is 14.8. The monoisotopic (exact) mass is 288 g/mol. The molecule has 3 atom stereocenters. The number of likely N-dealkylation sites (tertiary alicyclic amines) is 1. The van der Waals surface area contributed by atoms with Crippen molar-refractivity contribution in [3.63, 3.8) is 0 Å². The first-order valence-corrected chi connectivity index (χ1v) is 7.80. The lowest BCUT2D eigenvalue weighted by Crippen LogP contribution is -2.50. The number of hydrogen-bond donors (Lipinski definition) is 1. The van der Waals surface area contributed by atoms with Crippen molar-refractivity contribution in [3.05, 3.63) is 35.4 Å². The second-order valence-electron chi connectivity index (χ2n) is 6.21. The Hall–Kier alpha value is -1.39. The maximum Gasteiger partial charge on any atom is 0.231 e. The molecule has 0 saturated carbocycles. The van der Waals surface area contributed by atoms with Crippen LogP contribution in [0.25, 0.3) is 0 Å². The van der Waals surface area contributed by atoms with Crippen LogP contribution >= 0.6 is 0 Å². The number of ether oxygens (including phenoxy) is 1. The summed E-state index contributed by atoms with van der Waals surface area (Å²) in [6.07, 6.45) is 1.18. The highest BCUT2D eigenvalue weighted by atomic mass is 16.5. The molecular weight excluding hydrogens is 264 g/mol. The van der Waals surface area contributed by atoms with Gasteiger partial charge in [0, 0.05) is 33.3 Å². The van der Waals surface area contributed by atoms with Crippen molar-refractivity contribution in [3.8, 4) is 0 Å². The van der Waals surface area contributed by atoms with Crippen molar-refractivity contribution in [2.45, 2.75) is 31.9 Å². The first-order chi connectivity index (χ1) is 10.2. The van der Waals surface area contributed by atoms with Gasteiger partial charge in [-0.2, -0.15) is 0 Å². The van der Waals surface area contributed by atoms with E-state index in [2.05, 4.69) is 24.4 Å². The molecule has 4 heteroatoms. The lowest BCUT2D eigenvalue weighted by molar-refractivity contribution is -0.138. The number of nitrogens with zero attached hydrogens (tertiary/aromatic N) is 1. The minimum absolute atomic E-state index is 0.0548. The van der Waals surface area contributed by atoms with Crippen LogP contribution < -0.4 is 5.32 Å². The van der Waals surface area contributed by atoms with Gasteiger partial charge in [-0.1, -0.05) is 31.2 Å². The Labute approximate surface area is 126 Å². The van der Waals surface area contributed by atoms with Crippen molar-refractivity contribution in [1.82, 2.24) is 10.2 Å². The summed E-state index contributed by atoms with van der Waals surface area (Å²) in [6, 6.07) is 8.27. The lowest BCUT2D eigenvalue weighted by atomic mass is 9.88. The number of carbonyl (C=O) groups excluding carboxylic acids is 1. The van der Waals surface area contributed by atoms with Crippen LogP contribution in [0.2, 0.25) is 0 Å². The molecule has 1 saturated heterocycles. The molecule has 21 heavy (non-hydrogen) atoms. The number of amides is 1. The highest BCUT2D eigenvalue weighted by Crippen LogP contribution is 2.28. The Morgan fingerprint density at radius 1 is 1.38 bits per heavy atom. The van der Waals surface area contributed by atoms with Crippen LogP contribution in [-0.4, -0.2) is 43.7 Å². The molecule has 0 aromatic heterocycles. The first kappa shape index (κ1) is 14.5. The van der Waals surface area contributed by atoms with Crippen molar-refractivity contribution >= 4 is 5.91 Å². The van der Waals surface area contributed by atoms with Gasteiger partial charge in [0.1, 0.15) is 0 Å². The van der Waals surface area contributed by atoms with Crippen LogP contribution in [0.5, 0.6) is 0 Å². The van der Waals surface area contributed by atoms with Crippen LogP contribution in [0.4, 0.5) is 0 Å². The van der Waals surface area contributed by atoms with Crippen LogP contribution in [0.15, 0.2) is 24.3 Å². The Morgan fingerprint density at radius 3 is 3.00 bits per heavy atom. The number of methoxy groups -OCH3 is 1. The molecule has 1 N–H and O–H groups in total. The fraction of sp³-hybridized carbons (Fsp3) is 0.588. The minimum Gasteiger partial charge on any atom is -0.379 e. The zero-order valence-corrected chi connectivity index (χ0v) is 12.8. The minimum atomic E-state index is -0.0548. The van der Waals surface area contributed by atoms with Gasteiger partial charge in [0.25, 0.3) is 0 Å². The average molecular weight is 288 g/mol. The normalized spacial score (nSPS) is 29.0. The topological polar surface area (TPSA) is 41.6 Å². The van der Waals surface area contributed by atoms with Crippen molar-refractivity contribution < 1.29 is 9.53 Å². The second kappa shape index (κ2) is 6.16. The van der Waals surface area contributed by atoms with Gasteiger partial charge < -0.3 is 15.0 Å². The van der Waals surface area contributed by atoms with Gasteiger partial charge >= 0.3 is 0 Å². The van der Waals surface area contributed by atoms with E-state index in [9.17, 15) is 4.79 Å². The Bertz CT molecular complexity index is 517. The third-order valence-electron chi connectivity index (χ3n) is 4.90. The molecule has 2 heterocycles. The van der Waals surface area contributed by atoms with Gasteiger partial charge in [-0.05, 0) is 23.5 Å². The summed E-state index contributed by atoms with van der Waals surface area (Å²) in [6.45, 7) is 5.36. The maximum atomic E-state index is 12.9. The number of hydrogen-bond acceptors (Lipinski definition) is 3. The van der Waals surface area contributed by atoms with E-state index in [0.29, 0.717) is 5.92 Å². The van der Waals surface area contributed by atoms with Crippen LogP contribution in [0.1, 0.15) is 30.4 Å². The van der Waals surface area contributed by atoms with E-state index in [1.807, 2.05) is 17.0 Å². The molecule has 1 aromatic carbocycles. The van der Waals surface area contributed by atoms with Crippen molar-refractivity contribution in [2.24, 2.45) is 5.92 Å². The second-order valence-corrected chi connectivity index (χ2v) is 6.21. The highest BCUT2D eigenvalue weighted by Gasteiger charge is 2.34. The molecule has 2 aliphatic rings. The standard InChI is InChI=1S/C17H24N2O2/c1-12-7-8-19(11-16(12)21-2)17(20)15-10-18-9-13-5-3-4-6-14(13)15/h3-6,12,15-16,18H,7-11H2,1-2H3. The fourth-order valence-corrected chi connectivity index (χ4v) is 3.48. The summed E-state index contributed by atoms with van der Waals surface area (Å²) < 4.78 is 5.53. The lowest BCUT2D eigenvalue weighted by Gasteiger charge is -2.39. The van der Waals surface area contributed by atoms with E-state index in [1.54, 1.807) is 7.11 Å².